The smallest absolute Gasteiger partial charge is 0.225 e. The summed E-state index contributed by atoms with van der Waals surface area (Å²) in [5, 5.41) is 3.33. The molecule has 5 nitrogen and oxygen atoms in total. The zero-order valence-electron chi connectivity index (χ0n) is 11.0. The lowest BCUT2D eigenvalue weighted by molar-refractivity contribution is 0.184. The van der Waals surface area contributed by atoms with Crippen LogP contribution >= 0.6 is 0 Å². The van der Waals surface area contributed by atoms with Crippen LogP contribution in [-0.4, -0.2) is 60.7 Å². The van der Waals surface area contributed by atoms with Crippen LogP contribution in [0.1, 0.15) is 5.56 Å². The maximum Gasteiger partial charge on any atom is 0.225 e. The van der Waals surface area contributed by atoms with E-state index < -0.39 is 0 Å². The van der Waals surface area contributed by atoms with E-state index in [4.69, 9.17) is 0 Å². The van der Waals surface area contributed by atoms with Crippen molar-refractivity contribution >= 4 is 5.95 Å². The second kappa shape index (κ2) is 5.20. The molecule has 0 atom stereocenters. The first-order valence-corrected chi connectivity index (χ1v) is 6.78. The minimum atomic E-state index is 0.868. The molecule has 0 amide bonds. The monoisotopic (exact) mass is 247 g/mol. The molecular formula is C13H21N5. The van der Waals surface area contributed by atoms with Gasteiger partial charge in [0.15, 0.2) is 0 Å². The van der Waals surface area contributed by atoms with E-state index >= 15 is 0 Å². The third-order valence-electron chi connectivity index (χ3n) is 3.80. The Bertz CT molecular complexity index is 379. The highest BCUT2D eigenvalue weighted by Crippen LogP contribution is 2.13. The maximum atomic E-state index is 4.40. The zero-order valence-corrected chi connectivity index (χ0v) is 11.0. The zero-order chi connectivity index (χ0) is 12.4. The van der Waals surface area contributed by atoms with Gasteiger partial charge in [-0.2, -0.15) is 0 Å². The van der Waals surface area contributed by atoms with Crippen molar-refractivity contribution in [1.82, 2.24) is 20.2 Å². The summed E-state index contributed by atoms with van der Waals surface area (Å²) in [4.78, 5) is 13.7. The van der Waals surface area contributed by atoms with Crippen LogP contribution in [0.15, 0.2) is 12.4 Å². The molecule has 0 saturated carbocycles. The van der Waals surface area contributed by atoms with Crippen LogP contribution in [-0.2, 0) is 0 Å². The molecule has 98 valence electrons. The van der Waals surface area contributed by atoms with E-state index in [-0.39, 0.29) is 0 Å². The van der Waals surface area contributed by atoms with E-state index in [1.807, 2.05) is 19.3 Å². The van der Waals surface area contributed by atoms with Crippen molar-refractivity contribution in [2.24, 2.45) is 5.92 Å². The first-order valence-electron chi connectivity index (χ1n) is 6.78. The molecule has 3 rings (SSSR count). The number of nitrogens with zero attached hydrogens (tertiary/aromatic N) is 4. The molecule has 2 saturated heterocycles. The summed E-state index contributed by atoms with van der Waals surface area (Å²) < 4.78 is 0. The average molecular weight is 247 g/mol. The summed E-state index contributed by atoms with van der Waals surface area (Å²) in [5.74, 6) is 1.75. The van der Waals surface area contributed by atoms with E-state index in [2.05, 4.69) is 25.1 Å². The molecule has 3 heterocycles. The molecule has 0 spiro atoms. The molecule has 1 N–H and O–H groups in total. The van der Waals surface area contributed by atoms with Gasteiger partial charge < -0.3 is 10.2 Å². The Hall–Kier alpha value is -1.20. The van der Waals surface area contributed by atoms with Gasteiger partial charge in [0, 0.05) is 58.2 Å². The van der Waals surface area contributed by atoms with Crippen molar-refractivity contribution in [3.63, 3.8) is 0 Å². The molecule has 0 aromatic carbocycles. The lowest BCUT2D eigenvalue weighted by atomic mass is 10.0. The SMILES string of the molecule is Cc1cnc(N2CCN(CC3CNC3)CC2)nc1. The topological polar surface area (TPSA) is 44.3 Å². The molecule has 0 bridgehead atoms. The summed E-state index contributed by atoms with van der Waals surface area (Å²) in [5.41, 5.74) is 1.12. The predicted octanol–water partition coefficient (Wildman–Crippen LogP) is 0.126. The van der Waals surface area contributed by atoms with Gasteiger partial charge in [-0.15, -0.1) is 0 Å². The summed E-state index contributed by atoms with van der Waals surface area (Å²) >= 11 is 0. The van der Waals surface area contributed by atoms with E-state index in [0.29, 0.717) is 0 Å². The van der Waals surface area contributed by atoms with Gasteiger partial charge >= 0.3 is 0 Å². The fourth-order valence-electron chi connectivity index (χ4n) is 2.52. The molecule has 1 aromatic rings. The highest BCUT2D eigenvalue weighted by Gasteiger charge is 2.24. The fraction of sp³-hybridized carbons (Fsp3) is 0.692. The molecule has 18 heavy (non-hydrogen) atoms. The van der Waals surface area contributed by atoms with Crippen molar-refractivity contribution in [3.8, 4) is 0 Å². The van der Waals surface area contributed by atoms with Crippen molar-refractivity contribution in [2.45, 2.75) is 6.92 Å². The van der Waals surface area contributed by atoms with Crippen LogP contribution in [0.4, 0.5) is 5.95 Å². The van der Waals surface area contributed by atoms with Crippen molar-refractivity contribution in [3.05, 3.63) is 18.0 Å². The number of nitrogens with one attached hydrogen (secondary N) is 1. The predicted molar refractivity (Wildman–Crippen MR) is 71.8 cm³/mol. The lowest BCUT2D eigenvalue weighted by Crippen LogP contribution is -2.53. The summed E-state index contributed by atoms with van der Waals surface area (Å²) in [6.45, 7) is 10.0. The minimum Gasteiger partial charge on any atom is -0.338 e. The molecule has 2 aliphatic rings. The summed E-state index contributed by atoms with van der Waals surface area (Å²) in [6, 6.07) is 0. The van der Waals surface area contributed by atoms with Gasteiger partial charge in [-0.3, -0.25) is 4.90 Å². The number of aryl methyl sites for hydroxylation is 1. The van der Waals surface area contributed by atoms with Crippen LogP contribution in [0.5, 0.6) is 0 Å². The van der Waals surface area contributed by atoms with Crippen molar-refractivity contribution < 1.29 is 0 Å². The Morgan fingerprint density at radius 2 is 1.83 bits per heavy atom. The fourth-order valence-corrected chi connectivity index (χ4v) is 2.52. The second-order valence-corrected chi connectivity index (χ2v) is 5.37. The molecule has 0 radical (unpaired) electrons. The van der Waals surface area contributed by atoms with Crippen molar-refractivity contribution in [1.29, 1.82) is 0 Å². The Morgan fingerprint density at radius 3 is 2.39 bits per heavy atom. The van der Waals surface area contributed by atoms with Gasteiger partial charge in [0.1, 0.15) is 0 Å². The van der Waals surface area contributed by atoms with Gasteiger partial charge in [0.25, 0.3) is 0 Å². The number of rotatable bonds is 3. The van der Waals surface area contributed by atoms with Gasteiger partial charge in [0.05, 0.1) is 0 Å². The Labute approximate surface area is 108 Å². The maximum absolute atomic E-state index is 4.40. The average Bonchev–Trinajstić information content (AvgIpc) is 2.36. The van der Waals surface area contributed by atoms with E-state index in [0.717, 1.165) is 43.6 Å². The van der Waals surface area contributed by atoms with Crippen LogP contribution in [0, 0.1) is 12.8 Å². The summed E-state index contributed by atoms with van der Waals surface area (Å²) in [7, 11) is 0. The number of hydrogen-bond donors (Lipinski definition) is 1. The largest absolute Gasteiger partial charge is 0.338 e. The van der Waals surface area contributed by atoms with Gasteiger partial charge in [-0.1, -0.05) is 0 Å². The Kier molecular flexibility index (Phi) is 3.43. The second-order valence-electron chi connectivity index (χ2n) is 5.37. The normalized spacial score (nSPS) is 21.9. The number of hydrogen-bond acceptors (Lipinski definition) is 5. The standard InChI is InChI=1S/C13H21N5/c1-11-6-15-13(16-7-11)18-4-2-17(3-5-18)10-12-8-14-9-12/h6-7,12,14H,2-5,8-10H2,1H3. The number of aromatic nitrogens is 2. The first-order chi connectivity index (χ1) is 8.81. The molecular weight excluding hydrogens is 226 g/mol. The summed E-state index contributed by atoms with van der Waals surface area (Å²) in [6.07, 6.45) is 3.80. The Balaban J connectivity index is 1.51. The highest BCUT2D eigenvalue weighted by molar-refractivity contribution is 5.30. The third-order valence-corrected chi connectivity index (χ3v) is 3.80. The van der Waals surface area contributed by atoms with E-state index in [9.17, 15) is 0 Å². The van der Waals surface area contributed by atoms with Crippen molar-refractivity contribution in [2.75, 3.05) is 50.7 Å². The van der Waals surface area contributed by atoms with Crippen LogP contribution in [0.3, 0.4) is 0 Å². The molecule has 2 aliphatic heterocycles. The molecule has 0 aliphatic carbocycles. The van der Waals surface area contributed by atoms with Gasteiger partial charge in [0.2, 0.25) is 5.95 Å². The molecule has 2 fully saturated rings. The lowest BCUT2D eigenvalue weighted by Gasteiger charge is -2.38. The van der Waals surface area contributed by atoms with Gasteiger partial charge in [-0.05, 0) is 18.4 Å². The quantitative estimate of drug-likeness (QED) is 0.822. The number of piperazine rings is 1. The molecule has 0 unspecified atom stereocenters. The van der Waals surface area contributed by atoms with Crippen LogP contribution in [0.2, 0.25) is 0 Å². The first kappa shape index (κ1) is 11.9. The van der Waals surface area contributed by atoms with E-state index in [1.165, 1.54) is 19.6 Å². The molecule has 5 heteroatoms. The minimum absolute atomic E-state index is 0.868. The van der Waals surface area contributed by atoms with Crippen LogP contribution in [0.25, 0.3) is 0 Å². The Morgan fingerprint density at radius 1 is 1.17 bits per heavy atom. The highest BCUT2D eigenvalue weighted by atomic mass is 15.3. The van der Waals surface area contributed by atoms with E-state index in [1.54, 1.807) is 0 Å². The van der Waals surface area contributed by atoms with Gasteiger partial charge in [-0.25, -0.2) is 9.97 Å². The van der Waals surface area contributed by atoms with Crippen LogP contribution < -0.4 is 10.2 Å². The number of anilines is 1. The molecule has 1 aromatic heterocycles. The third kappa shape index (κ3) is 2.62.